The fourth-order valence-corrected chi connectivity index (χ4v) is 0.553. The van der Waals surface area contributed by atoms with Crippen LogP contribution in [0.2, 0.25) is 0 Å². The predicted octanol–water partition coefficient (Wildman–Crippen LogP) is -0.437. The molecule has 1 aromatic heterocycles. The molecule has 0 spiro atoms. The monoisotopic (exact) mass is 141 g/mol. The van der Waals surface area contributed by atoms with Crippen LogP contribution in [0.15, 0.2) is 0 Å². The minimum Gasteiger partial charge on any atom is -0.368 e. The van der Waals surface area contributed by atoms with Gasteiger partial charge in [-0.2, -0.15) is 15.0 Å². The van der Waals surface area contributed by atoms with Gasteiger partial charge in [0.05, 0.1) is 0 Å². The molecule has 0 bridgehead atoms. The van der Waals surface area contributed by atoms with Gasteiger partial charge in [0.1, 0.15) is 5.82 Å². The van der Waals surface area contributed by atoms with E-state index in [2.05, 4.69) is 15.0 Å². The van der Waals surface area contributed by atoms with Crippen molar-refractivity contribution in [1.29, 1.82) is 0 Å². The van der Waals surface area contributed by atoms with Crippen molar-refractivity contribution in [1.82, 2.24) is 15.0 Å². The lowest BCUT2D eigenvalue weighted by Crippen LogP contribution is -2.04. The number of nitrogens with zero attached hydrogens (tertiary/aromatic N) is 3. The Morgan fingerprint density at radius 2 is 2.10 bits per heavy atom. The van der Waals surface area contributed by atoms with E-state index >= 15 is 0 Å². The fraction of sp³-hybridized carbons (Fsp3) is 0.250. The highest BCUT2D eigenvalue weighted by molar-refractivity contribution is 5.27. The number of rotatable bonds is 1. The molecule has 6 nitrogen and oxygen atoms in total. The van der Waals surface area contributed by atoms with Crippen molar-refractivity contribution in [2.45, 2.75) is 6.92 Å². The molecule has 0 fully saturated rings. The molecule has 0 aliphatic rings. The van der Waals surface area contributed by atoms with Gasteiger partial charge in [-0.25, -0.2) is 5.48 Å². The van der Waals surface area contributed by atoms with Gasteiger partial charge < -0.3 is 5.73 Å². The molecule has 54 valence electrons. The zero-order valence-corrected chi connectivity index (χ0v) is 5.37. The topological polar surface area (TPSA) is 97.0 Å². The second-order valence-electron chi connectivity index (χ2n) is 1.68. The van der Waals surface area contributed by atoms with Gasteiger partial charge in [-0.3, -0.25) is 5.21 Å². The van der Waals surface area contributed by atoms with E-state index in [1.165, 1.54) is 0 Å². The quantitative estimate of drug-likeness (QED) is 0.459. The van der Waals surface area contributed by atoms with Gasteiger partial charge in [-0.05, 0) is 6.92 Å². The number of nitrogen functional groups attached to an aromatic ring is 1. The van der Waals surface area contributed by atoms with Crippen LogP contribution in [0.4, 0.5) is 11.9 Å². The highest BCUT2D eigenvalue weighted by Crippen LogP contribution is 1.98. The van der Waals surface area contributed by atoms with E-state index in [1.807, 2.05) is 0 Å². The third kappa shape index (κ3) is 1.29. The van der Waals surface area contributed by atoms with Crippen LogP contribution in [0.1, 0.15) is 5.82 Å². The first-order valence-corrected chi connectivity index (χ1v) is 2.60. The normalized spacial score (nSPS) is 9.40. The maximum atomic E-state index is 8.33. The predicted molar refractivity (Wildman–Crippen MR) is 34.4 cm³/mol. The van der Waals surface area contributed by atoms with Gasteiger partial charge in [0.25, 0.3) is 5.95 Å². The van der Waals surface area contributed by atoms with E-state index in [0.717, 1.165) is 0 Å². The Bertz CT molecular complexity index is 217. The summed E-state index contributed by atoms with van der Waals surface area (Å²) in [6.07, 6.45) is 0. The van der Waals surface area contributed by atoms with Crippen molar-refractivity contribution in [3.8, 4) is 0 Å². The van der Waals surface area contributed by atoms with Crippen molar-refractivity contribution in [3.63, 3.8) is 0 Å². The van der Waals surface area contributed by atoms with E-state index in [-0.39, 0.29) is 11.9 Å². The molecule has 1 rings (SSSR count). The molecule has 6 heteroatoms. The number of aryl methyl sites for hydroxylation is 1. The summed E-state index contributed by atoms with van der Waals surface area (Å²) in [6.45, 7) is 1.65. The van der Waals surface area contributed by atoms with Crippen LogP contribution in [0.25, 0.3) is 0 Å². The average Bonchev–Trinajstić information content (AvgIpc) is 1.85. The number of nitrogens with one attached hydrogen (secondary N) is 1. The van der Waals surface area contributed by atoms with Crippen LogP contribution in [0.3, 0.4) is 0 Å². The molecule has 0 aliphatic heterocycles. The van der Waals surface area contributed by atoms with Gasteiger partial charge in [0.15, 0.2) is 0 Å². The number of aromatic nitrogens is 3. The minimum absolute atomic E-state index is 0.0602. The van der Waals surface area contributed by atoms with Gasteiger partial charge in [-0.15, -0.1) is 0 Å². The van der Waals surface area contributed by atoms with Crippen LogP contribution in [-0.4, -0.2) is 20.2 Å². The second kappa shape index (κ2) is 2.44. The van der Waals surface area contributed by atoms with E-state index in [9.17, 15) is 0 Å². The number of anilines is 2. The van der Waals surface area contributed by atoms with Crippen LogP contribution in [-0.2, 0) is 0 Å². The van der Waals surface area contributed by atoms with Crippen molar-refractivity contribution < 1.29 is 5.21 Å². The van der Waals surface area contributed by atoms with E-state index < -0.39 is 0 Å². The fourth-order valence-electron chi connectivity index (χ4n) is 0.553. The summed E-state index contributed by atoms with van der Waals surface area (Å²) < 4.78 is 0. The summed E-state index contributed by atoms with van der Waals surface area (Å²) >= 11 is 0. The second-order valence-corrected chi connectivity index (χ2v) is 1.68. The first-order valence-electron chi connectivity index (χ1n) is 2.60. The largest absolute Gasteiger partial charge is 0.368 e. The molecule has 0 saturated carbocycles. The zero-order chi connectivity index (χ0) is 7.56. The summed E-state index contributed by atoms with van der Waals surface area (Å²) in [5.74, 6) is 0.609. The smallest absolute Gasteiger partial charge is 0.251 e. The third-order valence-corrected chi connectivity index (χ3v) is 0.865. The lowest BCUT2D eigenvalue weighted by molar-refractivity contribution is 0.382. The van der Waals surface area contributed by atoms with Crippen molar-refractivity contribution >= 4 is 11.9 Å². The molecular weight excluding hydrogens is 134 g/mol. The summed E-state index contributed by atoms with van der Waals surface area (Å²) in [6, 6.07) is 0. The number of nitrogens with two attached hydrogens (primary N) is 1. The summed E-state index contributed by atoms with van der Waals surface area (Å²) in [5, 5.41) is 8.33. The molecule has 1 heterocycles. The summed E-state index contributed by atoms with van der Waals surface area (Å²) in [7, 11) is 0. The summed E-state index contributed by atoms with van der Waals surface area (Å²) in [4.78, 5) is 10.9. The van der Waals surface area contributed by atoms with Crippen molar-refractivity contribution in [2.75, 3.05) is 11.2 Å². The van der Waals surface area contributed by atoms with Crippen LogP contribution in [0.5, 0.6) is 0 Å². The highest BCUT2D eigenvalue weighted by Gasteiger charge is 1.96. The standard InChI is InChI=1S/C4H7N5O/c1-2-6-3(5)8-4(7-2)9-10/h10H,1H3,(H3,5,6,7,8,9). The Hall–Kier alpha value is -1.43. The Morgan fingerprint density at radius 3 is 2.60 bits per heavy atom. The van der Waals surface area contributed by atoms with Crippen LogP contribution in [0, 0.1) is 6.92 Å². The molecule has 0 amide bonds. The molecule has 0 radical (unpaired) electrons. The lowest BCUT2D eigenvalue weighted by Gasteiger charge is -1.97. The van der Waals surface area contributed by atoms with Gasteiger partial charge in [0, 0.05) is 0 Å². The molecule has 1 aromatic rings. The average molecular weight is 141 g/mol. The van der Waals surface area contributed by atoms with Gasteiger partial charge in [-0.1, -0.05) is 0 Å². The summed E-state index contributed by atoms with van der Waals surface area (Å²) in [5.41, 5.74) is 6.99. The highest BCUT2D eigenvalue weighted by atomic mass is 16.5. The number of hydrogen-bond donors (Lipinski definition) is 3. The molecule has 0 atom stereocenters. The molecule has 0 aliphatic carbocycles. The van der Waals surface area contributed by atoms with Crippen molar-refractivity contribution in [3.05, 3.63) is 5.82 Å². The van der Waals surface area contributed by atoms with E-state index in [4.69, 9.17) is 10.9 Å². The molecular formula is C4H7N5O. The first-order chi connectivity index (χ1) is 4.72. The van der Waals surface area contributed by atoms with Gasteiger partial charge in [0.2, 0.25) is 5.95 Å². The van der Waals surface area contributed by atoms with E-state index in [0.29, 0.717) is 5.82 Å². The SMILES string of the molecule is Cc1nc(N)nc(NO)n1. The number of hydrogen-bond acceptors (Lipinski definition) is 6. The molecule has 10 heavy (non-hydrogen) atoms. The zero-order valence-electron chi connectivity index (χ0n) is 5.37. The molecule has 0 unspecified atom stereocenters. The van der Waals surface area contributed by atoms with E-state index in [1.54, 1.807) is 12.4 Å². The van der Waals surface area contributed by atoms with Gasteiger partial charge >= 0.3 is 0 Å². The Balaban J connectivity index is 3.06. The third-order valence-electron chi connectivity index (χ3n) is 0.865. The van der Waals surface area contributed by atoms with Crippen molar-refractivity contribution in [2.24, 2.45) is 0 Å². The molecule has 4 N–H and O–H groups in total. The molecule has 0 aromatic carbocycles. The Morgan fingerprint density at radius 1 is 1.40 bits per heavy atom. The molecule has 0 saturated heterocycles. The van der Waals surface area contributed by atoms with Crippen LogP contribution >= 0.6 is 0 Å². The lowest BCUT2D eigenvalue weighted by atomic mass is 10.7. The maximum Gasteiger partial charge on any atom is 0.251 e. The minimum atomic E-state index is 0.0602. The Labute approximate surface area is 57.1 Å². The Kier molecular flexibility index (Phi) is 1.63. The maximum absolute atomic E-state index is 8.33. The first kappa shape index (κ1) is 6.69. The van der Waals surface area contributed by atoms with Crippen LogP contribution < -0.4 is 11.2 Å².